The lowest BCUT2D eigenvalue weighted by Crippen LogP contribution is -2.35. The molecular formula is C12H20O4S. The summed E-state index contributed by atoms with van der Waals surface area (Å²) in [7, 11) is 0. The molecule has 17 heavy (non-hydrogen) atoms. The van der Waals surface area contributed by atoms with Gasteiger partial charge >= 0.3 is 11.9 Å². The van der Waals surface area contributed by atoms with Crippen molar-refractivity contribution in [2.75, 3.05) is 18.1 Å². The molecule has 2 atom stereocenters. The van der Waals surface area contributed by atoms with Crippen LogP contribution in [0.5, 0.6) is 0 Å². The molecule has 1 heterocycles. The largest absolute Gasteiger partial charge is 0.466 e. The van der Waals surface area contributed by atoms with E-state index in [1.54, 1.807) is 18.7 Å². The highest BCUT2D eigenvalue weighted by Gasteiger charge is 2.41. The summed E-state index contributed by atoms with van der Waals surface area (Å²) >= 11 is 1.60. The molecule has 0 bridgehead atoms. The highest BCUT2D eigenvalue weighted by molar-refractivity contribution is 7.99. The van der Waals surface area contributed by atoms with E-state index < -0.39 is 5.60 Å². The van der Waals surface area contributed by atoms with Gasteiger partial charge in [-0.1, -0.05) is 0 Å². The highest BCUT2D eigenvalue weighted by atomic mass is 32.2. The second kappa shape index (κ2) is 5.76. The van der Waals surface area contributed by atoms with E-state index in [1.807, 2.05) is 20.8 Å². The number of carbonyl (C=O) groups excluding carboxylic acids is 2. The Kier molecular flexibility index (Phi) is 4.86. The monoisotopic (exact) mass is 260 g/mol. The maximum Gasteiger partial charge on any atom is 0.311 e. The molecule has 0 aromatic heterocycles. The summed E-state index contributed by atoms with van der Waals surface area (Å²) in [6, 6.07) is 0. The lowest BCUT2D eigenvalue weighted by molar-refractivity contribution is -0.165. The maximum absolute atomic E-state index is 11.9. The SMILES string of the molecule is CCOC(=O)[C@@H]1CSC[C@H]1C(=O)OC(C)(C)C. The Balaban J connectivity index is 2.63. The Bertz CT molecular complexity index is 295. The minimum Gasteiger partial charge on any atom is -0.466 e. The van der Waals surface area contributed by atoms with Crippen LogP contribution in [0.4, 0.5) is 0 Å². The molecule has 1 fully saturated rings. The molecule has 0 unspecified atom stereocenters. The second-order valence-corrected chi connectivity index (χ2v) is 6.11. The average molecular weight is 260 g/mol. The van der Waals surface area contributed by atoms with Crippen LogP contribution in [-0.2, 0) is 19.1 Å². The van der Waals surface area contributed by atoms with Crippen molar-refractivity contribution >= 4 is 23.7 Å². The Morgan fingerprint density at radius 3 is 2.18 bits per heavy atom. The molecule has 0 N–H and O–H groups in total. The van der Waals surface area contributed by atoms with E-state index in [2.05, 4.69) is 0 Å². The van der Waals surface area contributed by atoms with Crippen molar-refractivity contribution in [2.24, 2.45) is 11.8 Å². The van der Waals surface area contributed by atoms with E-state index in [-0.39, 0.29) is 23.8 Å². The van der Waals surface area contributed by atoms with Gasteiger partial charge in [0.2, 0.25) is 0 Å². The number of ether oxygens (including phenoxy) is 2. The van der Waals surface area contributed by atoms with Gasteiger partial charge in [-0.05, 0) is 27.7 Å². The Morgan fingerprint density at radius 2 is 1.71 bits per heavy atom. The molecule has 0 aromatic carbocycles. The van der Waals surface area contributed by atoms with Crippen LogP contribution < -0.4 is 0 Å². The lowest BCUT2D eigenvalue weighted by Gasteiger charge is -2.23. The van der Waals surface area contributed by atoms with Crippen molar-refractivity contribution in [1.82, 2.24) is 0 Å². The van der Waals surface area contributed by atoms with Gasteiger partial charge in [-0.25, -0.2) is 0 Å². The molecule has 4 nitrogen and oxygen atoms in total. The third-order valence-corrected chi connectivity index (χ3v) is 3.57. The fourth-order valence-electron chi connectivity index (χ4n) is 1.65. The van der Waals surface area contributed by atoms with Crippen LogP contribution in [0.3, 0.4) is 0 Å². The normalized spacial score (nSPS) is 24.5. The fraction of sp³-hybridized carbons (Fsp3) is 0.833. The lowest BCUT2D eigenvalue weighted by atomic mass is 9.96. The van der Waals surface area contributed by atoms with E-state index in [9.17, 15) is 9.59 Å². The quantitative estimate of drug-likeness (QED) is 0.725. The summed E-state index contributed by atoms with van der Waals surface area (Å²) in [5, 5.41) is 0. The van der Waals surface area contributed by atoms with Crippen LogP contribution in [-0.4, -0.2) is 35.7 Å². The molecule has 0 spiro atoms. The van der Waals surface area contributed by atoms with Crippen LogP contribution in [0.1, 0.15) is 27.7 Å². The van der Waals surface area contributed by atoms with Gasteiger partial charge in [0.1, 0.15) is 5.60 Å². The first-order chi connectivity index (χ1) is 7.85. The predicted molar refractivity (Wildman–Crippen MR) is 66.8 cm³/mol. The summed E-state index contributed by atoms with van der Waals surface area (Å²) in [6.45, 7) is 7.59. The average Bonchev–Trinajstić information content (AvgIpc) is 2.63. The van der Waals surface area contributed by atoms with Crippen molar-refractivity contribution in [3.05, 3.63) is 0 Å². The zero-order valence-electron chi connectivity index (χ0n) is 10.8. The third kappa shape index (κ3) is 4.22. The molecule has 0 radical (unpaired) electrons. The minimum atomic E-state index is -0.510. The zero-order chi connectivity index (χ0) is 13.1. The van der Waals surface area contributed by atoms with E-state index >= 15 is 0 Å². The molecule has 0 aromatic rings. The van der Waals surface area contributed by atoms with E-state index in [4.69, 9.17) is 9.47 Å². The first kappa shape index (κ1) is 14.4. The smallest absolute Gasteiger partial charge is 0.311 e. The number of esters is 2. The van der Waals surface area contributed by atoms with Crippen LogP contribution in [0.15, 0.2) is 0 Å². The molecular weight excluding hydrogens is 240 g/mol. The number of hydrogen-bond acceptors (Lipinski definition) is 5. The Labute approximate surface area is 106 Å². The highest BCUT2D eigenvalue weighted by Crippen LogP contribution is 2.32. The summed E-state index contributed by atoms with van der Waals surface area (Å²) in [4.78, 5) is 23.6. The van der Waals surface area contributed by atoms with Gasteiger partial charge in [-0.3, -0.25) is 9.59 Å². The predicted octanol–water partition coefficient (Wildman–Crippen LogP) is 1.87. The summed E-state index contributed by atoms with van der Waals surface area (Å²) < 4.78 is 10.3. The summed E-state index contributed by atoms with van der Waals surface area (Å²) in [5.41, 5.74) is -0.510. The number of rotatable bonds is 3. The molecule has 1 aliphatic heterocycles. The van der Waals surface area contributed by atoms with Crippen molar-refractivity contribution in [1.29, 1.82) is 0 Å². The fourth-order valence-corrected chi connectivity index (χ4v) is 3.03. The van der Waals surface area contributed by atoms with Crippen LogP contribution >= 0.6 is 11.8 Å². The maximum atomic E-state index is 11.9. The second-order valence-electron chi connectivity index (χ2n) is 5.04. The van der Waals surface area contributed by atoms with E-state index in [1.165, 1.54) is 0 Å². The molecule has 1 saturated heterocycles. The van der Waals surface area contributed by atoms with Gasteiger partial charge in [0.05, 0.1) is 18.4 Å². The van der Waals surface area contributed by atoms with Crippen molar-refractivity contribution < 1.29 is 19.1 Å². The molecule has 0 saturated carbocycles. The van der Waals surface area contributed by atoms with Gasteiger partial charge in [0, 0.05) is 11.5 Å². The number of carbonyl (C=O) groups is 2. The zero-order valence-corrected chi connectivity index (χ0v) is 11.6. The van der Waals surface area contributed by atoms with Gasteiger partial charge in [0.15, 0.2) is 0 Å². The standard InChI is InChI=1S/C12H20O4S/c1-5-15-10(13)8-6-17-7-9(8)11(14)16-12(2,3)4/h8-9H,5-7H2,1-4H3/t8-,9-/m1/s1. The van der Waals surface area contributed by atoms with Crippen molar-refractivity contribution in [3.8, 4) is 0 Å². The van der Waals surface area contributed by atoms with Crippen molar-refractivity contribution in [2.45, 2.75) is 33.3 Å². The van der Waals surface area contributed by atoms with E-state index in [0.29, 0.717) is 18.1 Å². The molecule has 98 valence electrons. The summed E-state index contributed by atoms with van der Waals surface area (Å²) in [6.07, 6.45) is 0. The van der Waals surface area contributed by atoms with Crippen LogP contribution in [0, 0.1) is 11.8 Å². The van der Waals surface area contributed by atoms with Gasteiger partial charge in [-0.15, -0.1) is 0 Å². The summed E-state index contributed by atoms with van der Waals surface area (Å²) in [5.74, 6) is -0.0109. The minimum absolute atomic E-state index is 0.284. The first-order valence-electron chi connectivity index (χ1n) is 5.82. The number of thioether (sulfide) groups is 1. The third-order valence-electron chi connectivity index (χ3n) is 2.38. The van der Waals surface area contributed by atoms with E-state index in [0.717, 1.165) is 0 Å². The number of hydrogen-bond donors (Lipinski definition) is 0. The van der Waals surface area contributed by atoms with Gasteiger partial charge in [-0.2, -0.15) is 11.8 Å². The Morgan fingerprint density at radius 1 is 1.18 bits per heavy atom. The van der Waals surface area contributed by atoms with Gasteiger partial charge < -0.3 is 9.47 Å². The molecule has 1 rings (SSSR count). The molecule has 0 aliphatic carbocycles. The molecule has 1 aliphatic rings. The molecule has 5 heteroatoms. The molecule has 0 amide bonds. The van der Waals surface area contributed by atoms with Crippen LogP contribution in [0.2, 0.25) is 0 Å². The topological polar surface area (TPSA) is 52.6 Å². The first-order valence-corrected chi connectivity index (χ1v) is 6.98. The van der Waals surface area contributed by atoms with Gasteiger partial charge in [0.25, 0.3) is 0 Å². The van der Waals surface area contributed by atoms with Crippen molar-refractivity contribution in [3.63, 3.8) is 0 Å². The Hall–Kier alpha value is -0.710. The van der Waals surface area contributed by atoms with Crippen LogP contribution in [0.25, 0.3) is 0 Å².